The highest BCUT2D eigenvalue weighted by Crippen LogP contribution is 2.20. The van der Waals surface area contributed by atoms with Crippen LogP contribution in [0.2, 0.25) is 0 Å². The van der Waals surface area contributed by atoms with Crippen LogP contribution in [0.25, 0.3) is 0 Å². The molecular formula is C14H18N4O. The average Bonchev–Trinajstić information content (AvgIpc) is 2.83. The summed E-state index contributed by atoms with van der Waals surface area (Å²) in [4.78, 5) is 14.3. The molecule has 0 fully saturated rings. The number of aryl methyl sites for hydroxylation is 1. The molecule has 0 atom stereocenters. The van der Waals surface area contributed by atoms with Gasteiger partial charge in [-0.15, -0.1) is 0 Å². The third-order valence-electron chi connectivity index (χ3n) is 2.96. The van der Waals surface area contributed by atoms with Crippen LogP contribution in [-0.2, 0) is 0 Å². The SMILES string of the molecule is CCCN(C(=O)c1cn[nH]c1C)c1ccc(N)cc1. The molecule has 2 rings (SSSR count). The molecule has 0 saturated carbocycles. The lowest BCUT2D eigenvalue weighted by atomic mass is 10.2. The molecule has 1 amide bonds. The molecule has 1 aromatic carbocycles. The summed E-state index contributed by atoms with van der Waals surface area (Å²) in [6.07, 6.45) is 2.45. The smallest absolute Gasteiger partial charge is 0.261 e. The standard InChI is InChI=1S/C14H18N4O/c1-3-8-18(12-6-4-11(15)5-7-12)14(19)13-9-16-17-10(13)2/h4-7,9H,3,8,15H2,1-2H3,(H,16,17). The van der Waals surface area contributed by atoms with Crippen LogP contribution in [0, 0.1) is 6.92 Å². The summed E-state index contributed by atoms with van der Waals surface area (Å²) in [5.41, 5.74) is 8.59. The lowest BCUT2D eigenvalue weighted by Gasteiger charge is -2.22. The Morgan fingerprint density at radius 3 is 2.58 bits per heavy atom. The zero-order chi connectivity index (χ0) is 13.8. The van der Waals surface area contributed by atoms with Gasteiger partial charge in [0.1, 0.15) is 0 Å². The van der Waals surface area contributed by atoms with E-state index in [1.165, 1.54) is 0 Å². The number of aromatic nitrogens is 2. The summed E-state index contributed by atoms with van der Waals surface area (Å²) in [7, 11) is 0. The summed E-state index contributed by atoms with van der Waals surface area (Å²) in [5.74, 6) is -0.0436. The van der Waals surface area contributed by atoms with Crippen LogP contribution in [0.3, 0.4) is 0 Å². The first-order chi connectivity index (χ1) is 9.13. The highest BCUT2D eigenvalue weighted by Gasteiger charge is 2.19. The van der Waals surface area contributed by atoms with Gasteiger partial charge in [0.2, 0.25) is 0 Å². The van der Waals surface area contributed by atoms with E-state index in [0.29, 0.717) is 17.8 Å². The fourth-order valence-electron chi connectivity index (χ4n) is 1.94. The molecule has 19 heavy (non-hydrogen) atoms. The Bertz CT molecular complexity index is 559. The number of nitrogens with two attached hydrogens (primary N) is 1. The van der Waals surface area contributed by atoms with Crippen LogP contribution in [0.15, 0.2) is 30.5 Å². The number of H-pyrrole nitrogens is 1. The van der Waals surface area contributed by atoms with Gasteiger partial charge in [0.05, 0.1) is 11.8 Å². The van der Waals surface area contributed by atoms with Gasteiger partial charge in [0.25, 0.3) is 5.91 Å². The maximum Gasteiger partial charge on any atom is 0.261 e. The Hall–Kier alpha value is -2.30. The summed E-state index contributed by atoms with van der Waals surface area (Å²) in [6, 6.07) is 7.32. The van der Waals surface area contributed by atoms with Crippen molar-refractivity contribution in [2.24, 2.45) is 0 Å². The molecule has 2 aromatic rings. The number of anilines is 2. The van der Waals surface area contributed by atoms with E-state index >= 15 is 0 Å². The van der Waals surface area contributed by atoms with Crippen molar-refractivity contribution in [1.29, 1.82) is 0 Å². The molecule has 100 valence electrons. The Morgan fingerprint density at radius 1 is 1.37 bits per heavy atom. The fourth-order valence-corrected chi connectivity index (χ4v) is 1.94. The van der Waals surface area contributed by atoms with Crippen LogP contribution in [-0.4, -0.2) is 22.6 Å². The zero-order valence-electron chi connectivity index (χ0n) is 11.2. The molecule has 0 aliphatic heterocycles. The van der Waals surface area contributed by atoms with Crippen molar-refractivity contribution >= 4 is 17.3 Å². The molecule has 1 aromatic heterocycles. The van der Waals surface area contributed by atoms with Gasteiger partial charge in [-0.25, -0.2) is 0 Å². The van der Waals surface area contributed by atoms with Crippen molar-refractivity contribution in [3.05, 3.63) is 41.7 Å². The van der Waals surface area contributed by atoms with Crippen LogP contribution in [0.5, 0.6) is 0 Å². The van der Waals surface area contributed by atoms with Gasteiger partial charge in [-0.2, -0.15) is 5.10 Å². The minimum atomic E-state index is -0.0436. The van der Waals surface area contributed by atoms with Crippen molar-refractivity contribution in [3.8, 4) is 0 Å². The summed E-state index contributed by atoms with van der Waals surface area (Å²) < 4.78 is 0. The first-order valence-electron chi connectivity index (χ1n) is 6.31. The normalized spacial score (nSPS) is 10.4. The predicted octanol–water partition coefficient (Wildman–Crippen LogP) is 2.36. The third-order valence-corrected chi connectivity index (χ3v) is 2.96. The number of hydrogen-bond acceptors (Lipinski definition) is 3. The lowest BCUT2D eigenvalue weighted by Crippen LogP contribution is -2.31. The zero-order valence-corrected chi connectivity index (χ0v) is 11.2. The fraction of sp³-hybridized carbons (Fsp3) is 0.286. The van der Waals surface area contributed by atoms with E-state index in [1.807, 2.05) is 26.0 Å². The first kappa shape index (κ1) is 13.1. The maximum absolute atomic E-state index is 12.5. The number of hydrogen-bond donors (Lipinski definition) is 2. The number of nitrogen functional groups attached to an aromatic ring is 1. The largest absolute Gasteiger partial charge is 0.399 e. The molecule has 1 heterocycles. The van der Waals surface area contributed by atoms with E-state index in [-0.39, 0.29) is 5.91 Å². The molecule has 5 heteroatoms. The lowest BCUT2D eigenvalue weighted by molar-refractivity contribution is 0.0986. The van der Waals surface area contributed by atoms with Gasteiger partial charge in [-0.3, -0.25) is 9.89 Å². The van der Waals surface area contributed by atoms with Crippen molar-refractivity contribution in [2.75, 3.05) is 17.2 Å². The van der Waals surface area contributed by atoms with Gasteiger partial charge in [-0.05, 0) is 37.6 Å². The monoisotopic (exact) mass is 258 g/mol. The predicted molar refractivity (Wildman–Crippen MR) is 76.1 cm³/mol. The van der Waals surface area contributed by atoms with E-state index in [4.69, 9.17) is 5.73 Å². The number of carbonyl (C=O) groups excluding carboxylic acids is 1. The van der Waals surface area contributed by atoms with E-state index < -0.39 is 0 Å². The topological polar surface area (TPSA) is 75.0 Å². The molecule has 3 N–H and O–H groups in total. The van der Waals surface area contributed by atoms with Crippen molar-refractivity contribution in [2.45, 2.75) is 20.3 Å². The Kier molecular flexibility index (Phi) is 3.85. The van der Waals surface area contributed by atoms with E-state index in [2.05, 4.69) is 10.2 Å². The van der Waals surface area contributed by atoms with Crippen molar-refractivity contribution in [1.82, 2.24) is 10.2 Å². The van der Waals surface area contributed by atoms with Crippen LogP contribution >= 0.6 is 0 Å². The van der Waals surface area contributed by atoms with Gasteiger partial charge < -0.3 is 10.6 Å². The Labute approximate surface area is 112 Å². The third kappa shape index (κ3) is 2.76. The number of nitrogens with zero attached hydrogens (tertiary/aromatic N) is 2. The Balaban J connectivity index is 2.32. The number of rotatable bonds is 4. The quantitative estimate of drug-likeness (QED) is 0.827. The molecular weight excluding hydrogens is 240 g/mol. The highest BCUT2D eigenvalue weighted by molar-refractivity contribution is 6.06. The van der Waals surface area contributed by atoms with E-state index in [0.717, 1.165) is 17.8 Å². The first-order valence-corrected chi connectivity index (χ1v) is 6.31. The minimum absolute atomic E-state index is 0.0436. The molecule has 0 aliphatic carbocycles. The van der Waals surface area contributed by atoms with Gasteiger partial charge in [0, 0.05) is 23.6 Å². The van der Waals surface area contributed by atoms with Crippen molar-refractivity contribution < 1.29 is 4.79 Å². The second-order valence-electron chi connectivity index (χ2n) is 4.46. The van der Waals surface area contributed by atoms with E-state index in [9.17, 15) is 4.79 Å². The molecule has 0 radical (unpaired) electrons. The number of aromatic amines is 1. The number of carbonyl (C=O) groups is 1. The highest BCUT2D eigenvalue weighted by atomic mass is 16.2. The number of benzene rings is 1. The van der Waals surface area contributed by atoms with Crippen LogP contribution in [0.1, 0.15) is 29.4 Å². The summed E-state index contributed by atoms with van der Waals surface area (Å²) in [5, 5.41) is 6.69. The second kappa shape index (κ2) is 5.56. The average molecular weight is 258 g/mol. The molecule has 0 bridgehead atoms. The van der Waals surface area contributed by atoms with Crippen molar-refractivity contribution in [3.63, 3.8) is 0 Å². The van der Waals surface area contributed by atoms with Gasteiger partial charge in [0.15, 0.2) is 0 Å². The summed E-state index contributed by atoms with van der Waals surface area (Å²) in [6.45, 7) is 4.54. The number of nitrogens with one attached hydrogen (secondary N) is 1. The summed E-state index contributed by atoms with van der Waals surface area (Å²) >= 11 is 0. The van der Waals surface area contributed by atoms with Crippen LogP contribution < -0.4 is 10.6 Å². The maximum atomic E-state index is 12.5. The second-order valence-corrected chi connectivity index (χ2v) is 4.46. The minimum Gasteiger partial charge on any atom is -0.399 e. The van der Waals surface area contributed by atoms with Gasteiger partial charge in [-0.1, -0.05) is 6.92 Å². The van der Waals surface area contributed by atoms with Gasteiger partial charge >= 0.3 is 0 Å². The molecule has 5 nitrogen and oxygen atoms in total. The molecule has 0 unspecified atom stereocenters. The van der Waals surface area contributed by atoms with Crippen LogP contribution in [0.4, 0.5) is 11.4 Å². The molecule has 0 spiro atoms. The Morgan fingerprint density at radius 2 is 2.05 bits per heavy atom. The molecule has 0 aliphatic rings. The molecule has 0 saturated heterocycles. The number of amides is 1. The van der Waals surface area contributed by atoms with E-state index in [1.54, 1.807) is 23.2 Å².